The van der Waals surface area contributed by atoms with Crippen LogP contribution in [0.2, 0.25) is 0 Å². The number of nitrogens with zero attached hydrogens (tertiary/aromatic N) is 1. The summed E-state index contributed by atoms with van der Waals surface area (Å²) in [6.45, 7) is 2.35. The first-order valence-electron chi connectivity index (χ1n) is 9.37. The molecule has 1 N–H and O–H groups in total. The van der Waals surface area contributed by atoms with Crippen molar-refractivity contribution in [3.8, 4) is 23.0 Å². The summed E-state index contributed by atoms with van der Waals surface area (Å²) in [6, 6.07) is 10.1. The lowest BCUT2D eigenvalue weighted by Crippen LogP contribution is -2.54. The van der Waals surface area contributed by atoms with E-state index in [9.17, 15) is 9.59 Å². The van der Waals surface area contributed by atoms with Crippen molar-refractivity contribution in [2.75, 3.05) is 32.8 Å². The molecular formula is C22H22N2O6S. The second kappa shape index (κ2) is 9.48. The Bertz CT molecular complexity index is 1070. The number of anilines is 1. The van der Waals surface area contributed by atoms with Crippen LogP contribution in [0.5, 0.6) is 23.0 Å². The fourth-order valence-corrected chi connectivity index (χ4v) is 3.34. The van der Waals surface area contributed by atoms with Crippen molar-refractivity contribution in [3.63, 3.8) is 0 Å². The summed E-state index contributed by atoms with van der Waals surface area (Å²) >= 11 is 5.26. The average molecular weight is 442 g/mol. The lowest BCUT2D eigenvalue weighted by molar-refractivity contribution is -0.122. The zero-order chi connectivity index (χ0) is 22.5. The van der Waals surface area contributed by atoms with E-state index in [0.29, 0.717) is 40.9 Å². The van der Waals surface area contributed by atoms with Gasteiger partial charge in [-0.2, -0.15) is 0 Å². The van der Waals surface area contributed by atoms with Gasteiger partial charge in [0, 0.05) is 6.07 Å². The Labute approximate surface area is 185 Å². The Balaban J connectivity index is 2.02. The molecule has 2 aromatic rings. The van der Waals surface area contributed by atoms with Gasteiger partial charge in [0.25, 0.3) is 11.8 Å². The van der Waals surface area contributed by atoms with Crippen LogP contribution in [0.1, 0.15) is 12.5 Å². The van der Waals surface area contributed by atoms with E-state index < -0.39 is 11.8 Å². The summed E-state index contributed by atoms with van der Waals surface area (Å²) in [5.74, 6) is 0.809. The zero-order valence-electron chi connectivity index (χ0n) is 17.6. The molecule has 0 aliphatic carbocycles. The van der Waals surface area contributed by atoms with Crippen LogP contribution in [0.3, 0.4) is 0 Å². The second-order valence-electron chi connectivity index (χ2n) is 6.34. The SMILES string of the molecule is CCOc1ccc(/C=C2\C(=O)NC(=S)N(c3ccc(OC)cc3OC)C2=O)cc1OC. The highest BCUT2D eigenvalue weighted by atomic mass is 32.1. The van der Waals surface area contributed by atoms with Gasteiger partial charge in [0.1, 0.15) is 17.1 Å². The summed E-state index contributed by atoms with van der Waals surface area (Å²) in [5.41, 5.74) is 0.888. The number of benzene rings is 2. The number of rotatable bonds is 7. The lowest BCUT2D eigenvalue weighted by Gasteiger charge is -2.30. The number of nitrogens with one attached hydrogen (secondary N) is 1. The number of hydrogen-bond acceptors (Lipinski definition) is 7. The molecule has 1 aliphatic heterocycles. The Kier molecular flexibility index (Phi) is 6.76. The predicted molar refractivity (Wildman–Crippen MR) is 120 cm³/mol. The van der Waals surface area contributed by atoms with Gasteiger partial charge in [-0.05, 0) is 55.0 Å². The Hall–Kier alpha value is -3.59. The van der Waals surface area contributed by atoms with Crippen molar-refractivity contribution in [1.29, 1.82) is 0 Å². The molecule has 2 amide bonds. The van der Waals surface area contributed by atoms with Crippen molar-refractivity contribution >= 4 is 40.9 Å². The first-order valence-corrected chi connectivity index (χ1v) is 9.78. The Morgan fingerprint density at radius 1 is 0.968 bits per heavy atom. The standard InChI is InChI=1S/C22H22N2O6S/c1-5-30-17-9-6-13(11-19(17)29-4)10-15-20(25)23-22(31)24(21(15)26)16-8-7-14(27-2)12-18(16)28-3/h6-12H,5H2,1-4H3,(H,23,25,31)/b15-10+. The monoisotopic (exact) mass is 442 g/mol. The van der Waals surface area contributed by atoms with E-state index in [1.165, 1.54) is 32.3 Å². The molecule has 31 heavy (non-hydrogen) atoms. The number of carbonyl (C=O) groups excluding carboxylic acids is 2. The minimum absolute atomic E-state index is 0.0418. The van der Waals surface area contributed by atoms with Gasteiger partial charge in [0.15, 0.2) is 16.6 Å². The van der Waals surface area contributed by atoms with E-state index in [4.69, 9.17) is 31.2 Å². The van der Waals surface area contributed by atoms with Gasteiger partial charge in [-0.3, -0.25) is 14.9 Å². The summed E-state index contributed by atoms with van der Waals surface area (Å²) in [6.07, 6.45) is 1.47. The van der Waals surface area contributed by atoms with Crippen LogP contribution in [0.4, 0.5) is 5.69 Å². The lowest BCUT2D eigenvalue weighted by atomic mass is 10.1. The van der Waals surface area contributed by atoms with E-state index in [2.05, 4.69) is 5.32 Å². The van der Waals surface area contributed by atoms with Gasteiger partial charge in [-0.25, -0.2) is 4.90 Å². The van der Waals surface area contributed by atoms with Gasteiger partial charge >= 0.3 is 0 Å². The van der Waals surface area contributed by atoms with E-state index in [0.717, 1.165) is 0 Å². The number of carbonyl (C=O) groups is 2. The number of thiocarbonyl (C=S) groups is 1. The third kappa shape index (κ3) is 4.46. The maximum absolute atomic E-state index is 13.3. The number of ether oxygens (including phenoxy) is 4. The zero-order valence-corrected chi connectivity index (χ0v) is 18.4. The first kappa shape index (κ1) is 22.1. The van der Waals surface area contributed by atoms with Crippen LogP contribution in [0.25, 0.3) is 6.08 Å². The fraction of sp³-hybridized carbons (Fsp3) is 0.227. The molecule has 1 fully saturated rings. The summed E-state index contributed by atoms with van der Waals surface area (Å²) in [4.78, 5) is 27.0. The first-order chi connectivity index (χ1) is 14.9. The Morgan fingerprint density at radius 3 is 2.35 bits per heavy atom. The molecule has 1 heterocycles. The van der Waals surface area contributed by atoms with Crippen LogP contribution >= 0.6 is 12.2 Å². The van der Waals surface area contributed by atoms with Crippen molar-refractivity contribution in [1.82, 2.24) is 5.32 Å². The van der Waals surface area contributed by atoms with Crippen molar-refractivity contribution in [3.05, 3.63) is 47.5 Å². The van der Waals surface area contributed by atoms with E-state index >= 15 is 0 Å². The predicted octanol–water partition coefficient (Wildman–Crippen LogP) is 2.94. The molecule has 1 saturated heterocycles. The second-order valence-corrected chi connectivity index (χ2v) is 6.73. The van der Waals surface area contributed by atoms with Gasteiger partial charge in [0.05, 0.1) is 33.6 Å². The smallest absolute Gasteiger partial charge is 0.270 e. The van der Waals surface area contributed by atoms with Crippen LogP contribution < -0.4 is 29.2 Å². The molecule has 1 aliphatic rings. The molecule has 2 aromatic carbocycles. The molecule has 0 saturated carbocycles. The molecule has 9 heteroatoms. The quantitative estimate of drug-likeness (QED) is 0.401. The molecule has 162 valence electrons. The molecule has 0 atom stereocenters. The molecule has 0 aromatic heterocycles. The van der Waals surface area contributed by atoms with E-state index in [-0.39, 0.29) is 10.7 Å². The highest BCUT2D eigenvalue weighted by molar-refractivity contribution is 7.80. The molecule has 0 bridgehead atoms. The molecular weight excluding hydrogens is 420 g/mol. The largest absolute Gasteiger partial charge is 0.497 e. The molecule has 3 rings (SSSR count). The molecule has 0 spiro atoms. The molecule has 0 radical (unpaired) electrons. The fourth-order valence-electron chi connectivity index (χ4n) is 3.06. The molecule has 0 unspecified atom stereocenters. The van der Waals surface area contributed by atoms with E-state index in [1.54, 1.807) is 36.4 Å². The number of methoxy groups -OCH3 is 3. The van der Waals surface area contributed by atoms with Crippen LogP contribution in [-0.4, -0.2) is 44.9 Å². The van der Waals surface area contributed by atoms with Crippen molar-refractivity contribution < 1.29 is 28.5 Å². The summed E-state index contributed by atoms with van der Waals surface area (Å²) in [5, 5.41) is 2.51. The van der Waals surface area contributed by atoms with E-state index in [1.807, 2.05) is 6.92 Å². The Morgan fingerprint density at radius 2 is 1.71 bits per heavy atom. The normalized spacial score (nSPS) is 15.0. The molecule has 8 nitrogen and oxygen atoms in total. The van der Waals surface area contributed by atoms with Crippen molar-refractivity contribution in [2.24, 2.45) is 0 Å². The maximum atomic E-state index is 13.3. The summed E-state index contributed by atoms with van der Waals surface area (Å²) < 4.78 is 21.4. The van der Waals surface area contributed by atoms with Crippen LogP contribution in [-0.2, 0) is 9.59 Å². The number of amides is 2. The minimum Gasteiger partial charge on any atom is -0.497 e. The van der Waals surface area contributed by atoms with Crippen molar-refractivity contribution in [2.45, 2.75) is 6.92 Å². The average Bonchev–Trinajstić information content (AvgIpc) is 2.77. The highest BCUT2D eigenvalue weighted by Crippen LogP contribution is 2.35. The highest BCUT2D eigenvalue weighted by Gasteiger charge is 2.36. The maximum Gasteiger partial charge on any atom is 0.270 e. The van der Waals surface area contributed by atoms with Gasteiger partial charge in [0.2, 0.25) is 0 Å². The van der Waals surface area contributed by atoms with Crippen LogP contribution in [0, 0.1) is 0 Å². The van der Waals surface area contributed by atoms with Gasteiger partial charge in [-0.1, -0.05) is 6.07 Å². The topological polar surface area (TPSA) is 86.3 Å². The minimum atomic E-state index is -0.591. The third-order valence-corrected chi connectivity index (χ3v) is 4.81. The van der Waals surface area contributed by atoms with Gasteiger partial charge < -0.3 is 18.9 Å². The van der Waals surface area contributed by atoms with Crippen LogP contribution in [0.15, 0.2) is 42.0 Å². The third-order valence-electron chi connectivity index (χ3n) is 4.53. The van der Waals surface area contributed by atoms with Gasteiger partial charge in [-0.15, -0.1) is 0 Å². The summed E-state index contributed by atoms with van der Waals surface area (Å²) in [7, 11) is 4.51. The number of hydrogen-bond donors (Lipinski definition) is 1.